The highest BCUT2D eigenvalue weighted by atomic mass is 32.3. The van der Waals surface area contributed by atoms with Gasteiger partial charge in [-0.2, -0.15) is 0 Å². The summed E-state index contributed by atoms with van der Waals surface area (Å²) in [5.41, 5.74) is -1.65. The standard InChI is InChI=1S/C32H34N4O7S/c1-5-32(4,30(40)35-20-9-6-11-22(37)17-20)19-31(2,3)29(39)34-21-10-7-12-23(18-21)44(41,42,43)27-14-8-13-25-24(27)15-16-26(36-33)28(25)38/h6-18H,5,19H2,1-4H3,(H5-,34,35,37,38,39,40,41,42,43)/p+1. The van der Waals surface area contributed by atoms with Crippen LogP contribution in [0.5, 0.6) is 11.5 Å². The lowest BCUT2D eigenvalue weighted by Gasteiger charge is -2.35. The van der Waals surface area contributed by atoms with E-state index in [-0.39, 0.29) is 45.1 Å². The topological polar surface area (TPSA) is 184 Å². The van der Waals surface area contributed by atoms with E-state index < -0.39 is 37.0 Å². The van der Waals surface area contributed by atoms with Gasteiger partial charge in [-0.15, -0.1) is 0 Å². The number of hydrogen-bond donors (Lipinski definition) is 6. The molecule has 0 heterocycles. The number of nitrogens with zero attached hydrogens (tertiary/aromatic N) is 2. The maximum Gasteiger partial charge on any atom is 0.426 e. The number of phenols is 2. The van der Waals surface area contributed by atoms with Crippen molar-refractivity contribution in [1.82, 2.24) is 0 Å². The zero-order valence-electron chi connectivity index (χ0n) is 24.7. The number of phenolic OH excluding ortho intramolecular Hbond substituents is 2. The highest BCUT2D eigenvalue weighted by Crippen LogP contribution is 2.45. The van der Waals surface area contributed by atoms with Crippen molar-refractivity contribution < 1.29 is 33.1 Å². The summed E-state index contributed by atoms with van der Waals surface area (Å²) in [6.45, 7) is 6.95. The Morgan fingerprint density at radius 1 is 0.841 bits per heavy atom. The van der Waals surface area contributed by atoms with Gasteiger partial charge in [0.25, 0.3) is 0 Å². The molecule has 0 aliphatic heterocycles. The third-order valence-electron chi connectivity index (χ3n) is 7.87. The second kappa shape index (κ2) is 11.3. The van der Waals surface area contributed by atoms with Crippen molar-refractivity contribution in [2.75, 3.05) is 10.6 Å². The van der Waals surface area contributed by atoms with Gasteiger partial charge < -0.3 is 30.0 Å². The number of hydrogen-bond acceptors (Lipinski definition) is 6. The molecule has 0 aliphatic carbocycles. The van der Waals surface area contributed by atoms with Crippen LogP contribution in [0.1, 0.15) is 40.5 Å². The second-order valence-corrected chi connectivity index (χ2v) is 14.4. The first kappa shape index (κ1) is 32.1. The lowest BCUT2D eigenvalue weighted by Crippen LogP contribution is -2.41. The van der Waals surface area contributed by atoms with Crippen LogP contribution < -0.4 is 10.6 Å². The zero-order valence-corrected chi connectivity index (χ0v) is 25.6. The molecular formula is C32H35N4O7S+. The maximum atomic E-state index is 14.0. The minimum atomic E-state index is -5.76. The average molecular weight is 620 g/mol. The minimum absolute atomic E-state index is 0.00495. The average Bonchev–Trinajstić information content (AvgIpc) is 2.97. The van der Waals surface area contributed by atoms with Crippen LogP contribution in [0.15, 0.2) is 88.7 Å². The fraction of sp³-hybridized carbons (Fsp3) is 0.250. The molecule has 0 aliphatic rings. The SMILES string of the molecule is CCC(C)(CC(C)(C)C(=O)Nc1cccc(S(=O)(O)(O)c2cccc3c(O)c([N+]#N)ccc23)c1)C(=O)Nc1cccc(O)c1. The van der Waals surface area contributed by atoms with Crippen LogP contribution in [0.3, 0.4) is 0 Å². The van der Waals surface area contributed by atoms with Crippen molar-refractivity contribution in [2.24, 2.45) is 10.8 Å². The van der Waals surface area contributed by atoms with Crippen LogP contribution in [0.4, 0.5) is 17.1 Å². The Morgan fingerprint density at radius 2 is 1.45 bits per heavy atom. The van der Waals surface area contributed by atoms with Gasteiger partial charge in [-0.1, -0.05) is 52.0 Å². The number of aromatic hydroxyl groups is 2. The predicted octanol–water partition coefficient (Wildman–Crippen LogP) is 7.33. The van der Waals surface area contributed by atoms with Crippen molar-refractivity contribution in [3.8, 4) is 11.5 Å². The number of benzene rings is 4. The van der Waals surface area contributed by atoms with E-state index in [1.807, 2.05) is 6.92 Å². The van der Waals surface area contributed by atoms with E-state index in [0.717, 1.165) is 0 Å². The van der Waals surface area contributed by atoms with Crippen LogP contribution in [-0.4, -0.2) is 35.3 Å². The van der Waals surface area contributed by atoms with Gasteiger partial charge in [0.05, 0.1) is 9.79 Å². The van der Waals surface area contributed by atoms with E-state index >= 15 is 0 Å². The van der Waals surface area contributed by atoms with E-state index in [1.165, 1.54) is 66.7 Å². The summed E-state index contributed by atoms with van der Waals surface area (Å²) in [5, 5.41) is 35.0. The lowest BCUT2D eigenvalue weighted by molar-refractivity contribution is -0.131. The molecule has 0 fully saturated rings. The van der Waals surface area contributed by atoms with E-state index in [2.05, 4.69) is 15.6 Å². The van der Waals surface area contributed by atoms with Gasteiger partial charge in [0, 0.05) is 45.1 Å². The molecule has 230 valence electrons. The quantitative estimate of drug-likeness (QED) is 0.105. The lowest BCUT2D eigenvalue weighted by atomic mass is 9.71. The molecule has 1 unspecified atom stereocenters. The molecule has 0 spiro atoms. The summed E-state index contributed by atoms with van der Waals surface area (Å²) in [4.78, 5) is 29.0. The molecule has 11 nitrogen and oxygen atoms in total. The highest BCUT2D eigenvalue weighted by molar-refractivity contribution is 8.10. The molecule has 44 heavy (non-hydrogen) atoms. The fourth-order valence-corrected chi connectivity index (χ4v) is 7.04. The van der Waals surface area contributed by atoms with Crippen LogP contribution >= 0.6 is 0 Å². The first-order valence-electron chi connectivity index (χ1n) is 13.8. The molecule has 2 amide bonds. The third-order valence-corrected chi connectivity index (χ3v) is 10.1. The summed E-state index contributed by atoms with van der Waals surface area (Å²) >= 11 is 0. The smallest absolute Gasteiger partial charge is 0.426 e. The van der Waals surface area contributed by atoms with Crippen molar-refractivity contribution in [3.63, 3.8) is 0 Å². The molecule has 6 N–H and O–H groups in total. The minimum Gasteiger partial charge on any atom is -0.508 e. The summed E-state index contributed by atoms with van der Waals surface area (Å²) in [6.07, 6.45) is 0.561. The van der Waals surface area contributed by atoms with Crippen molar-refractivity contribution >= 4 is 49.3 Å². The molecule has 4 rings (SSSR count). The Bertz CT molecular complexity index is 1890. The van der Waals surface area contributed by atoms with Crippen molar-refractivity contribution in [3.05, 3.63) is 83.8 Å². The number of fused-ring (bicyclic) bond motifs is 1. The Morgan fingerprint density at radius 3 is 2.09 bits per heavy atom. The number of carbonyl (C=O) groups is 2. The molecule has 0 aromatic heterocycles. The zero-order chi connectivity index (χ0) is 32.5. The van der Waals surface area contributed by atoms with Gasteiger partial charge in [0.2, 0.25) is 23.0 Å². The van der Waals surface area contributed by atoms with Crippen LogP contribution in [0, 0.1) is 16.2 Å². The Labute approximate surface area is 254 Å². The Hall–Kier alpha value is -4.83. The predicted molar refractivity (Wildman–Crippen MR) is 169 cm³/mol. The fourth-order valence-electron chi connectivity index (χ4n) is 5.22. The van der Waals surface area contributed by atoms with Gasteiger partial charge in [-0.05, 0) is 55.3 Å². The van der Waals surface area contributed by atoms with Crippen LogP contribution in [-0.2, 0) is 19.2 Å². The molecule has 0 radical (unpaired) electrons. The van der Waals surface area contributed by atoms with E-state index in [4.69, 9.17) is 5.39 Å². The molecule has 0 saturated heterocycles. The maximum absolute atomic E-state index is 14.0. The van der Waals surface area contributed by atoms with Gasteiger partial charge in [0.1, 0.15) is 15.4 Å². The molecule has 1 atom stereocenters. The number of carbonyl (C=O) groups excluding carboxylic acids is 2. The van der Waals surface area contributed by atoms with E-state index in [9.17, 15) is 33.1 Å². The van der Waals surface area contributed by atoms with Gasteiger partial charge in [-0.3, -0.25) is 9.59 Å². The summed E-state index contributed by atoms with van der Waals surface area (Å²) in [7, 11) is -5.76. The Kier molecular flexibility index (Phi) is 8.28. The monoisotopic (exact) mass is 619 g/mol. The normalized spacial score (nSPS) is 14.1. The molecule has 12 heteroatoms. The number of diazo groups is 1. The number of amides is 2. The van der Waals surface area contributed by atoms with Gasteiger partial charge in [-0.25, -0.2) is 4.21 Å². The number of nitrogens with one attached hydrogen (secondary N) is 2. The molecule has 4 aromatic rings. The van der Waals surface area contributed by atoms with E-state index in [0.29, 0.717) is 12.1 Å². The first-order chi connectivity index (χ1) is 20.5. The van der Waals surface area contributed by atoms with Crippen LogP contribution in [0.25, 0.3) is 15.7 Å². The summed E-state index contributed by atoms with van der Waals surface area (Å²) in [5.74, 6) is -1.22. The van der Waals surface area contributed by atoms with Crippen LogP contribution in [0.2, 0.25) is 0 Å². The van der Waals surface area contributed by atoms with Crippen molar-refractivity contribution in [1.29, 1.82) is 5.39 Å². The number of rotatable bonds is 9. The van der Waals surface area contributed by atoms with Gasteiger partial charge >= 0.3 is 5.69 Å². The second-order valence-electron chi connectivity index (χ2n) is 11.7. The molecule has 0 bridgehead atoms. The molecular weight excluding hydrogens is 584 g/mol. The third kappa shape index (κ3) is 6.12. The number of anilines is 2. The van der Waals surface area contributed by atoms with E-state index in [1.54, 1.807) is 32.9 Å². The Balaban J connectivity index is 1.61. The highest BCUT2D eigenvalue weighted by Gasteiger charge is 2.42. The largest absolute Gasteiger partial charge is 0.508 e. The van der Waals surface area contributed by atoms with Gasteiger partial charge in [0.15, 0.2) is 4.98 Å². The first-order valence-corrected chi connectivity index (χ1v) is 15.7. The van der Waals surface area contributed by atoms with Crippen molar-refractivity contribution in [2.45, 2.75) is 50.3 Å². The molecule has 0 saturated carbocycles. The summed E-state index contributed by atoms with van der Waals surface area (Å²) < 4.78 is 36.6. The summed E-state index contributed by atoms with van der Waals surface area (Å²) in [6, 6.07) is 18.1. The molecule has 4 aromatic carbocycles.